The average Bonchev–Trinajstić information content (AvgIpc) is 3.44. The summed E-state index contributed by atoms with van der Waals surface area (Å²) < 4.78 is 33.4. The van der Waals surface area contributed by atoms with Gasteiger partial charge in [-0.3, -0.25) is 4.98 Å². The lowest BCUT2D eigenvalue weighted by Gasteiger charge is -2.30. The molecule has 0 atom stereocenters. The zero-order valence-corrected chi connectivity index (χ0v) is 17.7. The van der Waals surface area contributed by atoms with Crippen LogP contribution in [0.4, 0.5) is 4.39 Å². The fourth-order valence-electron chi connectivity index (χ4n) is 4.06. The van der Waals surface area contributed by atoms with Crippen LogP contribution in [0.25, 0.3) is 22.2 Å². The highest BCUT2D eigenvalue weighted by atomic mass is 32.1. The quantitative estimate of drug-likeness (QED) is 0.392. The summed E-state index contributed by atoms with van der Waals surface area (Å²) in [7, 11) is 0. The van der Waals surface area contributed by atoms with Gasteiger partial charge in [-0.05, 0) is 56.6 Å². The third kappa shape index (κ3) is 4.42. The van der Waals surface area contributed by atoms with Crippen molar-refractivity contribution in [3.05, 3.63) is 54.3 Å². The van der Waals surface area contributed by atoms with Crippen molar-refractivity contribution in [1.29, 1.82) is 0 Å². The Kier molecular flexibility index (Phi) is 5.86. The van der Waals surface area contributed by atoms with Crippen LogP contribution in [-0.2, 0) is 0 Å². The van der Waals surface area contributed by atoms with Gasteiger partial charge in [0.25, 0.3) is 5.88 Å². The smallest absolute Gasteiger partial charge is 0.254 e. The van der Waals surface area contributed by atoms with Gasteiger partial charge >= 0.3 is 0 Å². The van der Waals surface area contributed by atoms with E-state index in [1.165, 1.54) is 12.1 Å². The maximum absolute atomic E-state index is 13.4. The van der Waals surface area contributed by atoms with Gasteiger partial charge in [0.2, 0.25) is 0 Å². The van der Waals surface area contributed by atoms with E-state index in [1.807, 2.05) is 12.1 Å². The first-order valence-electron chi connectivity index (χ1n) is 10.4. The molecule has 0 bridgehead atoms. The first-order chi connectivity index (χ1) is 15.3. The predicted molar refractivity (Wildman–Crippen MR) is 116 cm³/mol. The summed E-state index contributed by atoms with van der Waals surface area (Å²) in [4.78, 5) is 6.58. The summed E-state index contributed by atoms with van der Waals surface area (Å²) in [5.74, 6) is 1.50. The number of rotatable bonds is 7. The summed E-state index contributed by atoms with van der Waals surface area (Å²) in [5, 5.41) is 4.95. The molecule has 9 heteroatoms. The predicted octanol–water partition coefficient (Wildman–Crippen LogP) is 4.53. The Balaban J connectivity index is 1.09. The lowest BCUT2D eigenvalue weighted by molar-refractivity contribution is 0.182. The molecule has 160 valence electrons. The van der Waals surface area contributed by atoms with Gasteiger partial charge < -0.3 is 14.2 Å². The summed E-state index contributed by atoms with van der Waals surface area (Å²) >= 11 is 1.15. The second-order valence-electron chi connectivity index (χ2n) is 7.69. The van der Waals surface area contributed by atoms with Gasteiger partial charge in [-0.25, -0.2) is 4.39 Å². The van der Waals surface area contributed by atoms with Crippen molar-refractivity contribution in [1.82, 2.24) is 23.8 Å². The second-order valence-corrected chi connectivity index (χ2v) is 8.21. The Bertz CT molecular complexity index is 1140. The molecule has 3 aromatic heterocycles. The monoisotopic (exact) mass is 439 g/mol. The highest BCUT2D eigenvalue weighted by molar-refractivity contribution is 6.99. The summed E-state index contributed by atoms with van der Waals surface area (Å²) in [5.41, 5.74) is 2.26. The molecule has 7 nitrogen and oxygen atoms in total. The summed E-state index contributed by atoms with van der Waals surface area (Å²) in [6.45, 7) is 3.55. The van der Waals surface area contributed by atoms with Crippen molar-refractivity contribution >= 4 is 22.6 Å². The molecular weight excluding hydrogens is 417 g/mol. The fourth-order valence-corrected chi connectivity index (χ4v) is 4.58. The third-order valence-electron chi connectivity index (χ3n) is 5.68. The minimum absolute atomic E-state index is 0.287. The standard InChI is InChI=1S/C22H22FN5O2S/c23-17-4-5-18-19(13-17)25-30-21(18)15-6-10-28(11-7-15)9-2-12-29-22-20(26-31-27-22)16-3-1-8-24-14-16/h1,3-5,8,13-15H,2,6-7,9-12H2. The number of hydrogen-bond donors (Lipinski definition) is 0. The molecule has 0 radical (unpaired) electrons. The van der Waals surface area contributed by atoms with Crippen molar-refractivity contribution in [2.75, 3.05) is 26.2 Å². The Morgan fingerprint density at radius 2 is 2.10 bits per heavy atom. The second kappa shape index (κ2) is 9.07. The molecule has 0 N–H and O–H groups in total. The molecule has 5 rings (SSSR count). The molecule has 4 heterocycles. The van der Waals surface area contributed by atoms with Crippen LogP contribution in [0.2, 0.25) is 0 Å². The number of nitrogens with zero attached hydrogens (tertiary/aromatic N) is 5. The largest absolute Gasteiger partial charge is 0.475 e. The van der Waals surface area contributed by atoms with E-state index >= 15 is 0 Å². The first-order valence-corrected chi connectivity index (χ1v) is 11.1. The Labute approximate surface area is 183 Å². The van der Waals surface area contributed by atoms with Crippen LogP contribution in [0.15, 0.2) is 47.2 Å². The van der Waals surface area contributed by atoms with E-state index in [1.54, 1.807) is 18.5 Å². The maximum atomic E-state index is 13.4. The van der Waals surface area contributed by atoms with E-state index in [0.717, 1.165) is 73.0 Å². The number of aromatic nitrogens is 4. The maximum Gasteiger partial charge on any atom is 0.254 e. The van der Waals surface area contributed by atoms with Gasteiger partial charge in [0.05, 0.1) is 18.3 Å². The van der Waals surface area contributed by atoms with Crippen LogP contribution in [0.5, 0.6) is 5.88 Å². The van der Waals surface area contributed by atoms with Crippen molar-refractivity contribution in [3.8, 4) is 17.1 Å². The van der Waals surface area contributed by atoms with Crippen LogP contribution in [-0.4, -0.2) is 50.0 Å². The minimum Gasteiger partial charge on any atom is -0.475 e. The number of fused-ring (bicyclic) bond motifs is 1. The average molecular weight is 440 g/mol. The number of pyridine rings is 1. The molecule has 0 aliphatic carbocycles. The highest BCUT2D eigenvalue weighted by Gasteiger charge is 2.25. The number of likely N-dealkylation sites (tertiary alicyclic amines) is 1. The van der Waals surface area contributed by atoms with Gasteiger partial charge in [-0.1, -0.05) is 5.16 Å². The van der Waals surface area contributed by atoms with E-state index in [0.29, 0.717) is 23.9 Å². The number of hydrogen-bond acceptors (Lipinski definition) is 8. The van der Waals surface area contributed by atoms with Gasteiger partial charge in [0.1, 0.15) is 22.8 Å². The molecule has 0 unspecified atom stereocenters. The van der Waals surface area contributed by atoms with Crippen LogP contribution in [0.3, 0.4) is 0 Å². The molecule has 1 saturated heterocycles. The minimum atomic E-state index is -0.287. The molecule has 0 spiro atoms. The van der Waals surface area contributed by atoms with E-state index in [2.05, 4.69) is 23.8 Å². The van der Waals surface area contributed by atoms with Crippen LogP contribution in [0, 0.1) is 5.82 Å². The Hall–Kier alpha value is -2.91. The van der Waals surface area contributed by atoms with Crippen LogP contribution >= 0.6 is 11.7 Å². The van der Waals surface area contributed by atoms with Gasteiger partial charge in [-0.15, -0.1) is 4.37 Å². The normalized spacial score (nSPS) is 15.5. The topological polar surface area (TPSA) is 77.2 Å². The molecule has 0 saturated carbocycles. The van der Waals surface area contributed by atoms with E-state index in [9.17, 15) is 4.39 Å². The first kappa shape index (κ1) is 20.0. The molecule has 0 amide bonds. The number of ether oxygens (including phenoxy) is 1. The molecule has 1 aromatic carbocycles. The van der Waals surface area contributed by atoms with Crippen LogP contribution in [0.1, 0.15) is 30.9 Å². The summed E-state index contributed by atoms with van der Waals surface area (Å²) in [6.07, 6.45) is 6.42. The Morgan fingerprint density at radius 1 is 1.19 bits per heavy atom. The van der Waals surface area contributed by atoms with Crippen molar-refractivity contribution in [2.45, 2.75) is 25.2 Å². The van der Waals surface area contributed by atoms with Gasteiger partial charge in [0, 0.05) is 41.9 Å². The van der Waals surface area contributed by atoms with Gasteiger partial charge in [-0.2, -0.15) is 4.37 Å². The molecule has 4 aromatic rings. The SMILES string of the molecule is Fc1ccc2c(C3CCN(CCCOc4nsnc4-c4cccnc4)CC3)onc2c1. The van der Waals surface area contributed by atoms with Gasteiger partial charge in [0.15, 0.2) is 0 Å². The number of piperidine rings is 1. The van der Waals surface area contributed by atoms with Crippen molar-refractivity contribution in [3.63, 3.8) is 0 Å². The molecule has 31 heavy (non-hydrogen) atoms. The molecular formula is C22H22FN5O2S. The van der Waals surface area contributed by atoms with Crippen molar-refractivity contribution in [2.24, 2.45) is 0 Å². The molecule has 1 fully saturated rings. The number of benzene rings is 1. The Morgan fingerprint density at radius 3 is 2.94 bits per heavy atom. The zero-order valence-electron chi connectivity index (χ0n) is 16.9. The highest BCUT2D eigenvalue weighted by Crippen LogP contribution is 2.33. The molecule has 1 aliphatic heterocycles. The zero-order chi connectivity index (χ0) is 21.0. The molecule has 1 aliphatic rings. The lowest BCUT2D eigenvalue weighted by Crippen LogP contribution is -2.34. The number of halogens is 1. The van der Waals surface area contributed by atoms with Crippen molar-refractivity contribution < 1.29 is 13.7 Å². The lowest BCUT2D eigenvalue weighted by atomic mass is 9.92. The van der Waals surface area contributed by atoms with E-state index in [4.69, 9.17) is 9.26 Å². The third-order valence-corrected chi connectivity index (χ3v) is 6.19. The van der Waals surface area contributed by atoms with E-state index < -0.39 is 0 Å². The van der Waals surface area contributed by atoms with Crippen LogP contribution < -0.4 is 4.74 Å². The summed E-state index contributed by atoms with van der Waals surface area (Å²) in [6, 6.07) is 8.50. The van der Waals surface area contributed by atoms with E-state index in [-0.39, 0.29) is 5.82 Å². The fraction of sp³-hybridized carbons (Fsp3) is 0.364.